The molecule has 3 aromatic rings. The van der Waals surface area contributed by atoms with E-state index >= 15 is 0 Å². The van der Waals surface area contributed by atoms with Crippen LogP contribution in [0.4, 0.5) is 5.95 Å². The van der Waals surface area contributed by atoms with Crippen molar-refractivity contribution in [3.63, 3.8) is 0 Å². The van der Waals surface area contributed by atoms with Gasteiger partial charge in [0.25, 0.3) is 5.91 Å². The lowest BCUT2D eigenvalue weighted by molar-refractivity contribution is -0.122. The molecule has 1 aliphatic rings. The topological polar surface area (TPSA) is 107 Å². The van der Waals surface area contributed by atoms with Crippen LogP contribution >= 0.6 is 11.6 Å². The SMILES string of the molecule is CCNc1ncc(Cl)c(-c2ccc3c(c2)C(=O)N(CC(=O)NC(CO)c2cccc(C)c2)C3)n1. The number of hydrogen-bond acceptors (Lipinski definition) is 6. The molecule has 1 atom stereocenters. The third-order valence-corrected chi connectivity index (χ3v) is 5.91. The zero-order chi connectivity index (χ0) is 24.2. The van der Waals surface area contributed by atoms with Crippen molar-refractivity contribution in [2.75, 3.05) is 25.0 Å². The van der Waals surface area contributed by atoms with E-state index in [1.807, 2.05) is 50.2 Å². The number of nitrogens with one attached hydrogen (secondary N) is 2. The van der Waals surface area contributed by atoms with Crippen LogP contribution < -0.4 is 10.6 Å². The van der Waals surface area contributed by atoms with Crippen LogP contribution in [0, 0.1) is 6.92 Å². The van der Waals surface area contributed by atoms with Crippen molar-refractivity contribution in [3.05, 3.63) is 75.9 Å². The fraction of sp³-hybridized carbons (Fsp3) is 0.280. The van der Waals surface area contributed by atoms with Gasteiger partial charge in [0.15, 0.2) is 0 Å². The highest BCUT2D eigenvalue weighted by atomic mass is 35.5. The molecule has 0 bridgehead atoms. The van der Waals surface area contributed by atoms with Gasteiger partial charge in [0.1, 0.15) is 6.54 Å². The van der Waals surface area contributed by atoms with Gasteiger partial charge in [0.2, 0.25) is 11.9 Å². The van der Waals surface area contributed by atoms with Crippen LogP contribution in [0.25, 0.3) is 11.3 Å². The zero-order valence-electron chi connectivity index (χ0n) is 19.0. The summed E-state index contributed by atoms with van der Waals surface area (Å²) < 4.78 is 0. The van der Waals surface area contributed by atoms with Gasteiger partial charge in [0, 0.05) is 24.2 Å². The quantitative estimate of drug-likeness (QED) is 0.457. The summed E-state index contributed by atoms with van der Waals surface area (Å²) >= 11 is 6.32. The molecule has 0 fully saturated rings. The van der Waals surface area contributed by atoms with Crippen molar-refractivity contribution in [2.24, 2.45) is 0 Å². The van der Waals surface area contributed by atoms with Crippen LogP contribution in [0.15, 0.2) is 48.7 Å². The van der Waals surface area contributed by atoms with E-state index in [-0.39, 0.29) is 25.0 Å². The number of amides is 2. The molecular formula is C25H26ClN5O3. The van der Waals surface area contributed by atoms with E-state index in [9.17, 15) is 14.7 Å². The molecule has 8 nitrogen and oxygen atoms in total. The summed E-state index contributed by atoms with van der Waals surface area (Å²) in [6, 6.07) is 12.5. The maximum absolute atomic E-state index is 13.1. The summed E-state index contributed by atoms with van der Waals surface area (Å²) in [4.78, 5) is 35.9. The van der Waals surface area contributed by atoms with E-state index in [0.717, 1.165) is 16.7 Å². The Kier molecular flexibility index (Phi) is 7.09. The van der Waals surface area contributed by atoms with Gasteiger partial charge in [-0.1, -0.05) is 53.6 Å². The highest BCUT2D eigenvalue weighted by Crippen LogP contribution is 2.31. The molecule has 0 radical (unpaired) electrons. The second-order valence-electron chi connectivity index (χ2n) is 8.17. The number of anilines is 1. The number of aromatic nitrogens is 2. The maximum Gasteiger partial charge on any atom is 0.254 e. The minimum atomic E-state index is -0.537. The molecular weight excluding hydrogens is 454 g/mol. The predicted octanol–water partition coefficient (Wildman–Crippen LogP) is 3.34. The van der Waals surface area contributed by atoms with Crippen LogP contribution in [0.3, 0.4) is 0 Å². The number of nitrogens with zero attached hydrogens (tertiary/aromatic N) is 3. The summed E-state index contributed by atoms with van der Waals surface area (Å²) in [5.74, 6) is -0.115. The monoisotopic (exact) mass is 479 g/mol. The molecule has 34 heavy (non-hydrogen) atoms. The van der Waals surface area contributed by atoms with Crippen molar-refractivity contribution in [3.8, 4) is 11.3 Å². The summed E-state index contributed by atoms with van der Waals surface area (Å²) in [6.45, 7) is 4.55. The second kappa shape index (κ2) is 10.2. The van der Waals surface area contributed by atoms with Crippen molar-refractivity contribution < 1.29 is 14.7 Å². The maximum atomic E-state index is 13.1. The number of aliphatic hydroxyl groups is 1. The molecule has 9 heteroatoms. The van der Waals surface area contributed by atoms with Crippen LogP contribution in [-0.4, -0.2) is 51.5 Å². The summed E-state index contributed by atoms with van der Waals surface area (Å²) in [6.07, 6.45) is 1.53. The first-order valence-electron chi connectivity index (χ1n) is 11.0. The number of hydrogen-bond donors (Lipinski definition) is 3. The van der Waals surface area contributed by atoms with E-state index in [2.05, 4.69) is 20.6 Å². The first-order valence-corrected chi connectivity index (χ1v) is 11.4. The molecule has 0 spiro atoms. The van der Waals surface area contributed by atoms with Gasteiger partial charge in [-0.05, 0) is 31.0 Å². The Morgan fingerprint density at radius 3 is 2.82 bits per heavy atom. The van der Waals surface area contributed by atoms with Crippen LogP contribution in [-0.2, 0) is 11.3 Å². The van der Waals surface area contributed by atoms with Gasteiger partial charge in [0.05, 0.1) is 29.6 Å². The van der Waals surface area contributed by atoms with Crippen LogP contribution in [0.1, 0.15) is 40.0 Å². The van der Waals surface area contributed by atoms with E-state index in [1.54, 1.807) is 6.07 Å². The van der Waals surface area contributed by atoms with E-state index in [1.165, 1.54) is 11.1 Å². The molecule has 4 rings (SSSR count). The number of rotatable bonds is 8. The Morgan fingerprint density at radius 2 is 2.09 bits per heavy atom. The fourth-order valence-electron chi connectivity index (χ4n) is 3.98. The van der Waals surface area contributed by atoms with E-state index in [4.69, 9.17) is 11.6 Å². The van der Waals surface area contributed by atoms with Crippen LogP contribution in [0.5, 0.6) is 0 Å². The minimum Gasteiger partial charge on any atom is -0.394 e. The van der Waals surface area contributed by atoms with E-state index < -0.39 is 6.04 Å². The van der Waals surface area contributed by atoms with Crippen molar-refractivity contribution >= 4 is 29.4 Å². The summed E-state index contributed by atoms with van der Waals surface area (Å²) in [5.41, 5.74) is 4.43. The average molecular weight is 480 g/mol. The largest absolute Gasteiger partial charge is 0.394 e. The molecule has 3 N–H and O–H groups in total. The molecule has 0 aliphatic carbocycles. The molecule has 2 amide bonds. The smallest absolute Gasteiger partial charge is 0.254 e. The van der Waals surface area contributed by atoms with Gasteiger partial charge >= 0.3 is 0 Å². The zero-order valence-corrected chi connectivity index (χ0v) is 19.8. The summed E-state index contributed by atoms with van der Waals surface area (Å²) in [5, 5.41) is 16.0. The molecule has 0 saturated carbocycles. The molecule has 176 valence electrons. The highest BCUT2D eigenvalue weighted by molar-refractivity contribution is 6.33. The molecule has 2 aromatic carbocycles. The van der Waals surface area contributed by atoms with Gasteiger partial charge < -0.3 is 20.6 Å². The van der Waals surface area contributed by atoms with Gasteiger partial charge in [-0.3, -0.25) is 9.59 Å². The molecule has 1 aliphatic heterocycles. The first-order chi connectivity index (χ1) is 16.4. The lowest BCUT2D eigenvalue weighted by atomic mass is 10.0. The Balaban J connectivity index is 1.48. The Morgan fingerprint density at radius 1 is 1.26 bits per heavy atom. The van der Waals surface area contributed by atoms with Gasteiger partial charge in [-0.2, -0.15) is 0 Å². The summed E-state index contributed by atoms with van der Waals surface area (Å²) in [7, 11) is 0. The number of fused-ring (bicyclic) bond motifs is 1. The van der Waals surface area contributed by atoms with Crippen molar-refractivity contribution in [2.45, 2.75) is 26.4 Å². The number of carbonyl (C=O) groups is 2. The third kappa shape index (κ3) is 5.03. The average Bonchev–Trinajstić information content (AvgIpc) is 3.13. The number of halogens is 1. The lowest BCUT2D eigenvalue weighted by Crippen LogP contribution is -2.40. The lowest BCUT2D eigenvalue weighted by Gasteiger charge is -2.20. The first kappa shape index (κ1) is 23.7. The van der Waals surface area contributed by atoms with E-state index in [0.29, 0.717) is 40.9 Å². The Labute approximate surface area is 203 Å². The number of aliphatic hydroxyl groups excluding tert-OH is 1. The fourth-order valence-corrected chi connectivity index (χ4v) is 4.18. The second-order valence-corrected chi connectivity index (χ2v) is 8.58. The van der Waals surface area contributed by atoms with Crippen molar-refractivity contribution in [1.29, 1.82) is 0 Å². The Bertz CT molecular complexity index is 1230. The number of carbonyl (C=O) groups excluding carboxylic acids is 2. The highest BCUT2D eigenvalue weighted by Gasteiger charge is 2.30. The van der Waals surface area contributed by atoms with Gasteiger partial charge in [-0.15, -0.1) is 0 Å². The number of aryl methyl sites for hydroxylation is 1. The molecule has 0 saturated heterocycles. The number of benzene rings is 2. The molecule has 1 aromatic heterocycles. The molecule has 2 heterocycles. The third-order valence-electron chi connectivity index (χ3n) is 5.64. The van der Waals surface area contributed by atoms with Crippen LogP contribution in [0.2, 0.25) is 5.02 Å². The minimum absolute atomic E-state index is 0.107. The molecule has 1 unspecified atom stereocenters. The predicted molar refractivity (Wildman–Crippen MR) is 131 cm³/mol. The van der Waals surface area contributed by atoms with Gasteiger partial charge in [-0.25, -0.2) is 9.97 Å². The standard InChI is InChI=1S/C25H26ClN5O3/c1-3-27-25-28-11-20(26)23(30-25)17-7-8-18-12-31(24(34)19(18)10-17)13-22(33)29-21(14-32)16-6-4-5-15(2)9-16/h4-11,21,32H,3,12-14H2,1-2H3,(H,29,33)(H,27,28,30). The normalized spacial score (nSPS) is 13.5. The van der Waals surface area contributed by atoms with Crippen molar-refractivity contribution in [1.82, 2.24) is 20.2 Å². The Hall–Kier alpha value is -3.49.